The number of anilines is 5. The number of piperidine rings is 2. The van der Waals surface area contributed by atoms with Crippen LogP contribution in [0.4, 0.5) is 33.2 Å². The third-order valence-corrected chi connectivity index (χ3v) is 16.4. The summed E-state index contributed by atoms with van der Waals surface area (Å²) < 4.78 is 39.6. The average molecular weight is 1050 g/mol. The number of nitrogens with one attached hydrogen (secondary N) is 3. The predicted octanol–water partition coefficient (Wildman–Crippen LogP) is 8.13. The molecule has 3 aliphatic rings. The zero-order chi connectivity index (χ0) is 50.1. The molecular weight excluding hydrogens is 989 g/mol. The molecule has 6 aromatic rings. The van der Waals surface area contributed by atoms with Gasteiger partial charge in [0, 0.05) is 105 Å². The third kappa shape index (κ3) is 10.4. The number of amides is 2. The van der Waals surface area contributed by atoms with Crippen LogP contribution in [0.1, 0.15) is 76.2 Å². The summed E-state index contributed by atoms with van der Waals surface area (Å²) in [5.41, 5.74) is 6.89. The maximum absolute atomic E-state index is 15.7. The Morgan fingerprint density at radius 3 is 2.35 bits per heavy atom. The number of rotatable bonds is 16. The van der Waals surface area contributed by atoms with Crippen molar-refractivity contribution >= 4 is 91.0 Å². The first-order valence-corrected chi connectivity index (χ1v) is 28.4. The lowest BCUT2D eigenvalue weighted by Gasteiger charge is -2.43. The first kappa shape index (κ1) is 50.3. The van der Waals surface area contributed by atoms with Gasteiger partial charge in [0.25, 0.3) is 0 Å². The molecular formula is C52H64BrFN11O5P. The molecule has 9 rings (SSSR count). The number of carbonyl (C=O) groups excluding carboxylic acids is 2. The number of ether oxygens (including phenoxy) is 1. The number of carbonyl (C=O) groups is 2. The molecule has 3 fully saturated rings. The molecule has 3 aromatic heterocycles. The number of piperazine rings is 1. The summed E-state index contributed by atoms with van der Waals surface area (Å²) in [7, 11) is -2.93. The van der Waals surface area contributed by atoms with Gasteiger partial charge >= 0.3 is 5.69 Å². The Bertz CT molecular complexity index is 3100. The SMILES string of the molecule is CCOc1cc(N2CCC(N3CCN(CCc4cccc5c4n(CC)c(=O)n5C4CCC(=O)NC4=O)CC3)CC2)c(CC)cc1Nc1ncc(Br)c(Nc2cc(F)c3nc(CC)ccc3c2P(C)(C)=O)n1. The lowest BCUT2D eigenvalue weighted by atomic mass is 9.99. The summed E-state index contributed by atoms with van der Waals surface area (Å²) in [6, 6.07) is 15.0. The van der Waals surface area contributed by atoms with Crippen LogP contribution in [0, 0.1) is 5.82 Å². The molecule has 19 heteroatoms. The number of imidazole rings is 1. The molecule has 3 aliphatic heterocycles. The Kier molecular flexibility index (Phi) is 15.0. The van der Waals surface area contributed by atoms with E-state index >= 15 is 4.39 Å². The molecule has 376 valence electrons. The van der Waals surface area contributed by atoms with Crippen LogP contribution in [0.3, 0.4) is 0 Å². The number of aryl methyl sites for hydroxylation is 3. The maximum Gasteiger partial charge on any atom is 0.329 e. The quantitative estimate of drug-likeness (QED) is 0.0628. The normalized spacial score (nSPS) is 17.6. The van der Waals surface area contributed by atoms with Crippen molar-refractivity contribution < 1.29 is 23.3 Å². The number of hydrogen-bond donors (Lipinski definition) is 3. The Morgan fingerprint density at radius 2 is 1.66 bits per heavy atom. The highest BCUT2D eigenvalue weighted by Crippen LogP contribution is 2.43. The molecule has 3 saturated heterocycles. The van der Waals surface area contributed by atoms with Crippen LogP contribution in [0.5, 0.6) is 5.75 Å². The van der Waals surface area contributed by atoms with Crippen LogP contribution in [0.15, 0.2) is 64.0 Å². The van der Waals surface area contributed by atoms with Crippen LogP contribution in [0.2, 0.25) is 0 Å². The summed E-state index contributed by atoms with van der Waals surface area (Å²) in [5.74, 6) is 0.152. The number of imide groups is 1. The van der Waals surface area contributed by atoms with Crippen molar-refractivity contribution in [2.24, 2.45) is 0 Å². The van der Waals surface area contributed by atoms with Crippen molar-refractivity contribution in [3.05, 3.63) is 92.3 Å². The topological polar surface area (TPSA) is 172 Å². The highest BCUT2D eigenvalue weighted by Gasteiger charge is 2.33. The van der Waals surface area contributed by atoms with Gasteiger partial charge in [-0.3, -0.25) is 28.9 Å². The zero-order valence-corrected chi connectivity index (χ0v) is 44.0. The number of para-hydroxylation sites is 1. The molecule has 16 nitrogen and oxygen atoms in total. The number of hydrogen-bond acceptors (Lipinski definition) is 13. The van der Waals surface area contributed by atoms with Crippen molar-refractivity contribution in [2.45, 2.75) is 91.3 Å². The van der Waals surface area contributed by atoms with E-state index in [9.17, 15) is 18.9 Å². The third-order valence-electron chi connectivity index (χ3n) is 14.3. The van der Waals surface area contributed by atoms with E-state index in [0.29, 0.717) is 70.4 Å². The Balaban J connectivity index is 0.840. The first-order chi connectivity index (χ1) is 34.2. The minimum atomic E-state index is -2.93. The second-order valence-corrected chi connectivity index (χ2v) is 23.1. The van der Waals surface area contributed by atoms with Gasteiger partial charge in [-0.25, -0.2) is 19.2 Å². The second kappa shape index (κ2) is 21.2. The standard InChI is InChI=1S/C52H64BrFN11O5P/c1-7-32-28-39(58-51-55-31-37(53)49(60-51)57-40-29-38(54)46-36(48(40)71(5,6)69)15-14-34(8-2)56-46)44(70-10-4)30-43(32)63-22-19-35(20-23-63)62-26-24-61(25-27-62)21-18-33-12-11-13-41-47(33)64(9-3)52(68)65(41)42-16-17-45(66)59-50(42)67/h11-15,28-31,35,42H,7-10,16-27H2,1-6H3,(H,59,66,67)(H2,55,57,58,60). The van der Waals surface area contributed by atoms with Crippen molar-refractivity contribution in [3.8, 4) is 5.75 Å². The largest absolute Gasteiger partial charge is 0.492 e. The fourth-order valence-electron chi connectivity index (χ4n) is 10.7. The first-order valence-electron chi connectivity index (χ1n) is 25.0. The number of benzene rings is 3. The van der Waals surface area contributed by atoms with Crippen LogP contribution >= 0.6 is 23.1 Å². The van der Waals surface area contributed by atoms with Crippen LogP contribution in [-0.4, -0.2) is 117 Å². The number of aromatic nitrogens is 5. The molecule has 3 N–H and O–H groups in total. The van der Waals surface area contributed by atoms with Gasteiger partial charge in [-0.05, 0) is 111 Å². The molecule has 0 saturated carbocycles. The minimum Gasteiger partial charge on any atom is -0.492 e. The Labute approximate surface area is 422 Å². The van der Waals surface area contributed by atoms with E-state index in [-0.39, 0.29) is 23.5 Å². The van der Waals surface area contributed by atoms with Gasteiger partial charge in [0.1, 0.15) is 30.3 Å². The molecule has 1 unspecified atom stereocenters. The lowest BCUT2D eigenvalue weighted by molar-refractivity contribution is -0.135. The van der Waals surface area contributed by atoms with E-state index in [2.05, 4.69) is 81.7 Å². The Morgan fingerprint density at radius 1 is 0.887 bits per heavy atom. The average Bonchev–Trinajstić information content (AvgIpc) is 3.65. The van der Waals surface area contributed by atoms with Gasteiger partial charge in [0.15, 0.2) is 5.82 Å². The molecule has 0 spiro atoms. The van der Waals surface area contributed by atoms with Crippen molar-refractivity contribution in [2.75, 3.05) is 81.3 Å². The van der Waals surface area contributed by atoms with Gasteiger partial charge in [-0.1, -0.05) is 32.0 Å². The van der Waals surface area contributed by atoms with Crippen LogP contribution < -0.4 is 36.6 Å². The van der Waals surface area contributed by atoms with E-state index in [0.717, 1.165) is 105 Å². The van der Waals surface area contributed by atoms with Crippen molar-refractivity contribution in [3.63, 3.8) is 0 Å². The van der Waals surface area contributed by atoms with E-state index in [1.807, 2.05) is 39.0 Å². The maximum atomic E-state index is 15.7. The van der Waals surface area contributed by atoms with Crippen LogP contribution in [-0.2, 0) is 40.0 Å². The second-order valence-electron chi connectivity index (χ2n) is 19.1. The van der Waals surface area contributed by atoms with E-state index in [1.165, 1.54) is 11.6 Å². The molecule has 3 aromatic carbocycles. The number of fused-ring (bicyclic) bond motifs is 2. The fraction of sp³-hybridized carbons (Fsp3) is 0.462. The smallest absolute Gasteiger partial charge is 0.329 e. The molecule has 1 atom stereocenters. The van der Waals surface area contributed by atoms with Gasteiger partial charge in [-0.2, -0.15) is 4.98 Å². The van der Waals surface area contributed by atoms with Crippen LogP contribution in [0.25, 0.3) is 21.9 Å². The fourth-order valence-corrected chi connectivity index (χ4v) is 12.5. The van der Waals surface area contributed by atoms with Crippen molar-refractivity contribution in [1.29, 1.82) is 0 Å². The molecule has 2 amide bonds. The predicted molar refractivity (Wildman–Crippen MR) is 284 cm³/mol. The lowest BCUT2D eigenvalue weighted by Crippen LogP contribution is -2.53. The van der Waals surface area contributed by atoms with E-state index in [1.54, 1.807) is 34.7 Å². The number of pyridine rings is 1. The molecule has 0 radical (unpaired) electrons. The zero-order valence-electron chi connectivity index (χ0n) is 41.5. The monoisotopic (exact) mass is 1050 g/mol. The molecule has 0 bridgehead atoms. The summed E-state index contributed by atoms with van der Waals surface area (Å²) in [6.45, 7) is 19.0. The molecule has 6 heterocycles. The van der Waals surface area contributed by atoms with Gasteiger partial charge in [-0.15, -0.1) is 0 Å². The summed E-state index contributed by atoms with van der Waals surface area (Å²) in [5, 5.41) is 10.1. The highest BCUT2D eigenvalue weighted by atomic mass is 79.9. The van der Waals surface area contributed by atoms with Gasteiger partial charge < -0.3 is 29.7 Å². The number of halogens is 2. The minimum absolute atomic E-state index is 0.199. The van der Waals surface area contributed by atoms with E-state index in [4.69, 9.17) is 9.72 Å². The highest BCUT2D eigenvalue weighted by molar-refractivity contribution is 9.10. The molecule has 71 heavy (non-hydrogen) atoms. The van der Waals surface area contributed by atoms with Crippen molar-refractivity contribution in [1.82, 2.24) is 39.2 Å². The van der Waals surface area contributed by atoms with Gasteiger partial charge in [0.05, 0.1) is 33.5 Å². The summed E-state index contributed by atoms with van der Waals surface area (Å²) >= 11 is 3.57. The van der Waals surface area contributed by atoms with Gasteiger partial charge in [0.2, 0.25) is 17.8 Å². The summed E-state index contributed by atoms with van der Waals surface area (Å²) in [4.78, 5) is 59.9. The summed E-state index contributed by atoms with van der Waals surface area (Å²) in [6.07, 6.45) is 6.52. The Hall–Kier alpha value is -5.68. The molecule has 0 aliphatic carbocycles. The van der Waals surface area contributed by atoms with E-state index < -0.39 is 24.9 Å². The number of nitrogens with zero attached hydrogens (tertiary/aromatic N) is 8.